The van der Waals surface area contributed by atoms with E-state index in [1.54, 1.807) is 6.07 Å². The summed E-state index contributed by atoms with van der Waals surface area (Å²) in [6.07, 6.45) is 0. The van der Waals surface area contributed by atoms with E-state index >= 15 is 0 Å². The smallest absolute Gasteiger partial charge is 0.111 e. The van der Waals surface area contributed by atoms with Crippen molar-refractivity contribution in [2.45, 2.75) is 20.4 Å². The molecule has 0 amide bonds. The molecule has 0 saturated carbocycles. The van der Waals surface area contributed by atoms with Gasteiger partial charge in [0.2, 0.25) is 0 Å². The van der Waals surface area contributed by atoms with Crippen LogP contribution in [-0.4, -0.2) is 6.54 Å². The third-order valence-electron chi connectivity index (χ3n) is 3.24. The summed E-state index contributed by atoms with van der Waals surface area (Å²) in [6, 6.07) is 16.1. The molecule has 2 aromatic carbocycles. The number of anilines is 1. The molecular weight excluding hydrogens is 236 g/mol. The molecule has 0 unspecified atom stereocenters. The summed E-state index contributed by atoms with van der Waals surface area (Å²) < 4.78 is 0. The van der Waals surface area contributed by atoms with Gasteiger partial charge in [-0.3, -0.25) is 0 Å². The Balaban J connectivity index is 2.22. The van der Waals surface area contributed by atoms with Gasteiger partial charge in [-0.25, -0.2) is 0 Å². The van der Waals surface area contributed by atoms with Crippen LogP contribution in [0.4, 0.5) is 11.4 Å². The average molecular weight is 254 g/mol. The first-order valence-corrected chi connectivity index (χ1v) is 6.47. The molecule has 0 N–H and O–H groups in total. The van der Waals surface area contributed by atoms with E-state index in [-0.39, 0.29) is 0 Å². The first-order valence-electron chi connectivity index (χ1n) is 6.47. The lowest BCUT2D eigenvalue weighted by Crippen LogP contribution is -2.21. The van der Waals surface area contributed by atoms with E-state index in [2.05, 4.69) is 29.1 Å². The van der Waals surface area contributed by atoms with Gasteiger partial charge in [0.1, 0.15) is 5.69 Å². The van der Waals surface area contributed by atoms with Gasteiger partial charge in [0.05, 0.1) is 0 Å². The monoisotopic (exact) mass is 254 g/mol. The Kier molecular flexibility index (Phi) is 4.29. The molecule has 3 heteroatoms. The Bertz CT molecular complexity index is 552. The summed E-state index contributed by atoms with van der Waals surface area (Å²) in [5.41, 5.74) is 3.83. The summed E-state index contributed by atoms with van der Waals surface area (Å²) in [7, 11) is 0. The van der Waals surface area contributed by atoms with Crippen LogP contribution in [0.1, 0.15) is 18.1 Å². The van der Waals surface area contributed by atoms with Gasteiger partial charge in [-0.15, -0.1) is 4.91 Å². The molecule has 98 valence electrons. The maximum atomic E-state index is 10.6. The zero-order chi connectivity index (χ0) is 13.7. The Morgan fingerprint density at radius 3 is 2.42 bits per heavy atom. The number of benzene rings is 2. The summed E-state index contributed by atoms with van der Waals surface area (Å²) in [5.74, 6) is 0. The van der Waals surface area contributed by atoms with E-state index in [4.69, 9.17) is 0 Å². The summed E-state index contributed by atoms with van der Waals surface area (Å²) in [6.45, 7) is 5.83. The molecule has 0 aromatic heterocycles. The minimum absolute atomic E-state index is 0.513. The van der Waals surface area contributed by atoms with Gasteiger partial charge < -0.3 is 4.90 Å². The lowest BCUT2D eigenvalue weighted by atomic mass is 10.1. The van der Waals surface area contributed by atoms with Gasteiger partial charge >= 0.3 is 0 Å². The Morgan fingerprint density at radius 1 is 1.11 bits per heavy atom. The molecule has 2 rings (SSSR count). The number of rotatable bonds is 5. The van der Waals surface area contributed by atoms with Crippen LogP contribution in [0.3, 0.4) is 0 Å². The highest BCUT2D eigenvalue weighted by molar-refractivity contribution is 5.57. The number of hydrogen-bond acceptors (Lipinski definition) is 3. The van der Waals surface area contributed by atoms with Gasteiger partial charge in [0.25, 0.3) is 0 Å². The van der Waals surface area contributed by atoms with Crippen molar-refractivity contribution in [3.05, 3.63) is 64.6 Å². The molecule has 0 aliphatic rings. The van der Waals surface area contributed by atoms with Crippen LogP contribution >= 0.6 is 0 Å². The lowest BCUT2D eigenvalue weighted by molar-refractivity contribution is 0.831. The number of nitroso groups, excluding NO2 is 1. The lowest BCUT2D eigenvalue weighted by Gasteiger charge is -2.23. The van der Waals surface area contributed by atoms with Crippen molar-refractivity contribution in [3.8, 4) is 0 Å². The third kappa shape index (κ3) is 3.19. The van der Waals surface area contributed by atoms with Crippen molar-refractivity contribution >= 4 is 11.4 Å². The quantitative estimate of drug-likeness (QED) is 0.740. The van der Waals surface area contributed by atoms with Crippen LogP contribution in [-0.2, 0) is 6.54 Å². The molecule has 0 aliphatic heterocycles. The third-order valence-corrected chi connectivity index (χ3v) is 3.24. The second kappa shape index (κ2) is 6.14. The van der Waals surface area contributed by atoms with Gasteiger partial charge in [-0.1, -0.05) is 30.3 Å². The fourth-order valence-corrected chi connectivity index (χ4v) is 2.13. The van der Waals surface area contributed by atoms with Crippen LogP contribution < -0.4 is 4.90 Å². The zero-order valence-corrected chi connectivity index (χ0v) is 11.3. The maximum Gasteiger partial charge on any atom is 0.111 e. The van der Waals surface area contributed by atoms with Crippen molar-refractivity contribution in [3.63, 3.8) is 0 Å². The van der Waals surface area contributed by atoms with Crippen molar-refractivity contribution in [2.24, 2.45) is 5.18 Å². The summed E-state index contributed by atoms with van der Waals surface area (Å²) >= 11 is 0. The normalized spacial score (nSPS) is 10.2. The largest absolute Gasteiger partial charge is 0.367 e. The fourth-order valence-electron chi connectivity index (χ4n) is 2.13. The van der Waals surface area contributed by atoms with E-state index in [1.165, 1.54) is 5.56 Å². The van der Waals surface area contributed by atoms with Crippen molar-refractivity contribution in [1.29, 1.82) is 0 Å². The van der Waals surface area contributed by atoms with Crippen molar-refractivity contribution in [2.75, 3.05) is 11.4 Å². The van der Waals surface area contributed by atoms with Gasteiger partial charge in [0, 0.05) is 18.8 Å². The van der Waals surface area contributed by atoms with E-state index in [0.29, 0.717) is 5.69 Å². The molecule has 0 bridgehead atoms. The predicted octanol–water partition coefficient (Wildman–Crippen LogP) is 4.42. The number of aryl methyl sites for hydroxylation is 1. The van der Waals surface area contributed by atoms with Crippen LogP contribution in [0.2, 0.25) is 0 Å². The van der Waals surface area contributed by atoms with Crippen LogP contribution in [0.5, 0.6) is 0 Å². The SMILES string of the molecule is CCN(Cc1ccccc1)c1ccc(N=O)c(C)c1. The minimum atomic E-state index is 0.513. The van der Waals surface area contributed by atoms with Crippen LogP contribution in [0, 0.1) is 11.8 Å². The van der Waals surface area contributed by atoms with E-state index in [0.717, 1.165) is 24.3 Å². The minimum Gasteiger partial charge on any atom is -0.367 e. The van der Waals surface area contributed by atoms with Crippen molar-refractivity contribution < 1.29 is 0 Å². The molecule has 0 aliphatic carbocycles. The second-order valence-electron chi connectivity index (χ2n) is 4.56. The molecule has 0 atom stereocenters. The van der Waals surface area contributed by atoms with Crippen LogP contribution in [0.15, 0.2) is 53.7 Å². The molecular formula is C16H18N2O. The first kappa shape index (κ1) is 13.3. The Labute approximate surface area is 113 Å². The van der Waals surface area contributed by atoms with E-state index < -0.39 is 0 Å². The van der Waals surface area contributed by atoms with Gasteiger partial charge in [-0.2, -0.15) is 0 Å². The molecule has 0 fully saturated rings. The first-order chi connectivity index (χ1) is 9.24. The topological polar surface area (TPSA) is 32.7 Å². The highest BCUT2D eigenvalue weighted by Gasteiger charge is 2.07. The zero-order valence-electron chi connectivity index (χ0n) is 11.3. The van der Waals surface area contributed by atoms with Crippen LogP contribution in [0.25, 0.3) is 0 Å². The molecule has 0 spiro atoms. The molecule has 0 saturated heterocycles. The maximum absolute atomic E-state index is 10.6. The average Bonchev–Trinajstić information content (AvgIpc) is 2.46. The highest BCUT2D eigenvalue weighted by atomic mass is 16.3. The molecule has 0 heterocycles. The van der Waals surface area contributed by atoms with E-state index in [9.17, 15) is 4.91 Å². The Morgan fingerprint density at radius 2 is 1.84 bits per heavy atom. The second-order valence-corrected chi connectivity index (χ2v) is 4.56. The van der Waals surface area contributed by atoms with Crippen molar-refractivity contribution in [1.82, 2.24) is 0 Å². The number of hydrogen-bond donors (Lipinski definition) is 0. The number of nitrogens with zero attached hydrogens (tertiary/aromatic N) is 2. The molecule has 3 nitrogen and oxygen atoms in total. The molecule has 2 aromatic rings. The Hall–Kier alpha value is -2.16. The summed E-state index contributed by atoms with van der Waals surface area (Å²) in [4.78, 5) is 12.9. The molecule has 0 radical (unpaired) electrons. The summed E-state index contributed by atoms with van der Waals surface area (Å²) in [5, 5.41) is 3.01. The van der Waals surface area contributed by atoms with Gasteiger partial charge in [-0.05, 0) is 48.4 Å². The standard InChI is InChI=1S/C16H18N2O/c1-3-18(12-14-7-5-4-6-8-14)15-9-10-16(17-19)13(2)11-15/h4-11H,3,12H2,1-2H3. The van der Waals surface area contributed by atoms with Gasteiger partial charge in [0.15, 0.2) is 0 Å². The van der Waals surface area contributed by atoms with E-state index in [1.807, 2.05) is 37.3 Å². The predicted molar refractivity (Wildman–Crippen MR) is 79.8 cm³/mol. The highest BCUT2D eigenvalue weighted by Crippen LogP contribution is 2.25. The molecule has 19 heavy (non-hydrogen) atoms. The fraction of sp³-hybridized carbons (Fsp3) is 0.250.